The second kappa shape index (κ2) is 7.68. The third kappa shape index (κ3) is 4.30. The molecule has 7 heteroatoms. The van der Waals surface area contributed by atoms with Gasteiger partial charge >= 0.3 is 11.8 Å². The van der Waals surface area contributed by atoms with Gasteiger partial charge in [0.1, 0.15) is 5.60 Å². The summed E-state index contributed by atoms with van der Waals surface area (Å²) in [4.78, 5) is 25.0. The maximum Gasteiger partial charge on any atom is 0.313 e. The minimum atomic E-state index is -1.29. The number of carbonyl (C=O) groups is 2. The fraction of sp³-hybridized carbons (Fsp3) is 0.200. The van der Waals surface area contributed by atoms with E-state index in [1.54, 1.807) is 32.0 Å². The second-order valence-electron chi connectivity index (χ2n) is 6.47. The number of benzene rings is 2. The van der Waals surface area contributed by atoms with Crippen LogP contribution in [0.25, 0.3) is 10.1 Å². The molecule has 2 amide bonds. The summed E-state index contributed by atoms with van der Waals surface area (Å²) in [5, 5.41) is 17.3. The molecule has 0 radical (unpaired) electrons. The van der Waals surface area contributed by atoms with Gasteiger partial charge in [0.25, 0.3) is 0 Å². The number of fused-ring (bicyclic) bond motifs is 1. The normalized spacial score (nSPS) is 13.2. The molecule has 3 rings (SSSR count). The van der Waals surface area contributed by atoms with Crippen molar-refractivity contribution >= 4 is 50.5 Å². The summed E-state index contributed by atoms with van der Waals surface area (Å²) >= 11 is 7.47. The summed E-state index contributed by atoms with van der Waals surface area (Å²) < 4.78 is 1.05. The monoisotopic (exact) mass is 402 g/mol. The number of aliphatic hydroxyl groups is 1. The van der Waals surface area contributed by atoms with Crippen LogP contribution in [0, 0.1) is 6.92 Å². The van der Waals surface area contributed by atoms with Gasteiger partial charge in [-0.25, -0.2) is 0 Å². The van der Waals surface area contributed by atoms with Crippen LogP contribution in [0.1, 0.15) is 17.4 Å². The first-order valence-electron chi connectivity index (χ1n) is 8.33. The summed E-state index contributed by atoms with van der Waals surface area (Å²) in [6.45, 7) is 3.28. The Morgan fingerprint density at radius 1 is 1.15 bits per heavy atom. The highest BCUT2D eigenvalue weighted by atomic mass is 35.5. The van der Waals surface area contributed by atoms with Gasteiger partial charge in [-0.05, 0) is 49.1 Å². The van der Waals surface area contributed by atoms with Crippen molar-refractivity contribution in [1.29, 1.82) is 0 Å². The summed E-state index contributed by atoms with van der Waals surface area (Å²) in [6, 6.07) is 14.7. The van der Waals surface area contributed by atoms with Gasteiger partial charge in [-0.15, -0.1) is 11.3 Å². The van der Waals surface area contributed by atoms with Gasteiger partial charge in [-0.2, -0.15) is 0 Å². The second-order valence-corrected chi connectivity index (χ2v) is 7.96. The molecule has 0 bridgehead atoms. The van der Waals surface area contributed by atoms with E-state index in [4.69, 9.17) is 11.6 Å². The maximum atomic E-state index is 12.1. The number of anilines is 1. The number of thiophene rings is 1. The predicted molar refractivity (Wildman–Crippen MR) is 109 cm³/mol. The summed E-state index contributed by atoms with van der Waals surface area (Å²) in [5.41, 5.74) is -0.137. The van der Waals surface area contributed by atoms with Gasteiger partial charge in [0, 0.05) is 20.3 Å². The summed E-state index contributed by atoms with van der Waals surface area (Å²) in [7, 11) is 0. The quantitative estimate of drug-likeness (QED) is 0.580. The third-order valence-electron chi connectivity index (χ3n) is 4.27. The zero-order valence-electron chi connectivity index (χ0n) is 14.9. The van der Waals surface area contributed by atoms with Gasteiger partial charge in [0.05, 0.1) is 6.54 Å². The number of rotatable bonds is 4. The molecule has 0 aliphatic heterocycles. The Balaban J connectivity index is 1.65. The molecule has 1 aromatic heterocycles. The number of hydrogen-bond acceptors (Lipinski definition) is 4. The lowest BCUT2D eigenvalue weighted by molar-refractivity contribution is -0.136. The van der Waals surface area contributed by atoms with E-state index < -0.39 is 17.4 Å². The van der Waals surface area contributed by atoms with Crippen LogP contribution >= 0.6 is 22.9 Å². The number of carbonyl (C=O) groups excluding carboxylic acids is 2. The molecule has 0 saturated heterocycles. The van der Waals surface area contributed by atoms with E-state index in [-0.39, 0.29) is 6.54 Å². The van der Waals surface area contributed by atoms with Gasteiger partial charge in [0.15, 0.2) is 0 Å². The van der Waals surface area contributed by atoms with E-state index in [9.17, 15) is 14.7 Å². The Morgan fingerprint density at radius 3 is 2.63 bits per heavy atom. The third-order valence-corrected chi connectivity index (χ3v) is 6.05. The molecule has 0 unspecified atom stereocenters. The molecule has 0 aliphatic carbocycles. The van der Waals surface area contributed by atoms with E-state index in [0.717, 1.165) is 15.0 Å². The van der Waals surface area contributed by atoms with Crippen LogP contribution in [0.2, 0.25) is 5.02 Å². The van der Waals surface area contributed by atoms with Crippen LogP contribution in [0.15, 0.2) is 48.5 Å². The van der Waals surface area contributed by atoms with Crippen molar-refractivity contribution in [2.75, 3.05) is 11.9 Å². The molecule has 3 aromatic rings. The van der Waals surface area contributed by atoms with E-state index in [0.29, 0.717) is 16.3 Å². The van der Waals surface area contributed by atoms with Crippen LogP contribution in [-0.4, -0.2) is 23.5 Å². The molecule has 140 valence electrons. The number of halogens is 1. The van der Waals surface area contributed by atoms with Gasteiger partial charge in [-0.1, -0.05) is 35.9 Å². The minimum absolute atomic E-state index is 0.0827. The van der Waals surface area contributed by atoms with Gasteiger partial charge < -0.3 is 15.7 Å². The van der Waals surface area contributed by atoms with Crippen molar-refractivity contribution in [2.24, 2.45) is 0 Å². The highest BCUT2D eigenvalue weighted by Gasteiger charge is 2.27. The molecular formula is C20H19ClN2O3S. The molecule has 0 fully saturated rings. The molecule has 3 N–H and O–H groups in total. The molecule has 2 aromatic carbocycles. The van der Waals surface area contributed by atoms with E-state index in [1.807, 2.05) is 30.3 Å². The molecule has 1 heterocycles. The minimum Gasteiger partial charge on any atom is -0.383 e. The fourth-order valence-electron chi connectivity index (χ4n) is 2.59. The van der Waals surface area contributed by atoms with E-state index >= 15 is 0 Å². The SMILES string of the molecule is Cc1c(Cl)cccc1NC(=O)C(=O)NC[C@@](C)(O)c1cc2ccccc2s1. The average Bonchev–Trinajstić information content (AvgIpc) is 3.08. The van der Waals surface area contributed by atoms with Crippen molar-refractivity contribution in [3.8, 4) is 0 Å². The van der Waals surface area contributed by atoms with Crippen molar-refractivity contribution < 1.29 is 14.7 Å². The molecule has 0 aliphatic rings. The Bertz CT molecular complexity index is 980. The molecule has 27 heavy (non-hydrogen) atoms. The van der Waals surface area contributed by atoms with Crippen LogP contribution < -0.4 is 10.6 Å². The summed E-state index contributed by atoms with van der Waals surface area (Å²) in [6.07, 6.45) is 0. The Morgan fingerprint density at radius 2 is 1.89 bits per heavy atom. The highest BCUT2D eigenvalue weighted by molar-refractivity contribution is 7.19. The zero-order chi connectivity index (χ0) is 19.6. The van der Waals surface area contributed by atoms with Gasteiger partial charge in [-0.3, -0.25) is 9.59 Å². The van der Waals surface area contributed by atoms with E-state index in [2.05, 4.69) is 10.6 Å². The largest absolute Gasteiger partial charge is 0.383 e. The van der Waals surface area contributed by atoms with Crippen molar-refractivity contribution in [1.82, 2.24) is 5.32 Å². The zero-order valence-corrected chi connectivity index (χ0v) is 16.4. The Labute approximate surface area is 166 Å². The smallest absolute Gasteiger partial charge is 0.313 e. The first-order valence-corrected chi connectivity index (χ1v) is 9.53. The molecular weight excluding hydrogens is 384 g/mol. The van der Waals surface area contributed by atoms with Crippen LogP contribution in [-0.2, 0) is 15.2 Å². The first-order chi connectivity index (χ1) is 12.8. The Kier molecular flexibility index (Phi) is 5.51. The van der Waals surface area contributed by atoms with E-state index in [1.165, 1.54) is 11.3 Å². The lowest BCUT2D eigenvalue weighted by Gasteiger charge is -2.22. The topological polar surface area (TPSA) is 78.4 Å². The van der Waals surface area contributed by atoms with Crippen molar-refractivity contribution in [3.05, 3.63) is 64.0 Å². The van der Waals surface area contributed by atoms with Crippen molar-refractivity contribution in [2.45, 2.75) is 19.4 Å². The standard InChI is InChI=1S/C20H19ClN2O3S/c1-12-14(21)7-5-8-15(12)23-19(25)18(24)22-11-20(2,26)17-10-13-6-3-4-9-16(13)27-17/h3-10,26H,11H2,1-2H3,(H,22,24)(H,23,25)/t20-/m1/s1. The predicted octanol–water partition coefficient (Wildman–Crippen LogP) is 3.83. The van der Waals surface area contributed by atoms with Crippen molar-refractivity contribution in [3.63, 3.8) is 0 Å². The van der Waals surface area contributed by atoms with Gasteiger partial charge in [0.2, 0.25) is 0 Å². The number of amides is 2. The maximum absolute atomic E-state index is 12.1. The molecule has 0 spiro atoms. The van der Waals surface area contributed by atoms with Crippen LogP contribution in [0.3, 0.4) is 0 Å². The van der Waals surface area contributed by atoms with Crippen LogP contribution in [0.4, 0.5) is 5.69 Å². The number of nitrogens with one attached hydrogen (secondary N) is 2. The highest BCUT2D eigenvalue weighted by Crippen LogP contribution is 2.32. The average molecular weight is 403 g/mol. The lowest BCUT2D eigenvalue weighted by Crippen LogP contribution is -2.43. The lowest BCUT2D eigenvalue weighted by atomic mass is 10.0. The number of hydrogen-bond donors (Lipinski definition) is 3. The molecule has 5 nitrogen and oxygen atoms in total. The molecule has 0 saturated carbocycles. The Hall–Kier alpha value is -2.41. The summed E-state index contributed by atoms with van der Waals surface area (Å²) in [5.74, 6) is -1.64. The fourth-order valence-corrected chi connectivity index (χ4v) is 3.87. The molecule has 1 atom stereocenters. The first kappa shape index (κ1) is 19.4. The van der Waals surface area contributed by atoms with Crippen LogP contribution in [0.5, 0.6) is 0 Å².